The number of hydrogen-bond acceptors (Lipinski definition) is 6. The third-order valence-corrected chi connectivity index (χ3v) is 7.19. The maximum atomic E-state index is 11.7. The molecular formula is C19H20N2O8S2. The molecule has 1 aliphatic rings. The Morgan fingerprint density at radius 2 is 1.10 bits per heavy atom. The molecule has 0 saturated heterocycles. The highest BCUT2D eigenvalue weighted by atomic mass is 32.2. The molecule has 166 valence electrons. The summed E-state index contributed by atoms with van der Waals surface area (Å²) in [5.74, 6) is -1.32. The summed E-state index contributed by atoms with van der Waals surface area (Å²) in [6.45, 7) is 0. The Morgan fingerprint density at radius 1 is 0.742 bits per heavy atom. The zero-order valence-electron chi connectivity index (χ0n) is 16.1. The fourth-order valence-corrected chi connectivity index (χ4v) is 5.12. The Morgan fingerprint density at radius 3 is 1.39 bits per heavy atom. The van der Waals surface area contributed by atoms with E-state index < -0.39 is 47.3 Å². The van der Waals surface area contributed by atoms with Crippen LogP contribution in [0.4, 0.5) is 0 Å². The van der Waals surface area contributed by atoms with Crippen molar-refractivity contribution < 1.29 is 35.5 Å². The van der Waals surface area contributed by atoms with Gasteiger partial charge in [0.15, 0.2) is 0 Å². The zero-order valence-corrected chi connectivity index (χ0v) is 17.7. The quantitative estimate of drug-likeness (QED) is 0.411. The Balaban J connectivity index is 2.37. The van der Waals surface area contributed by atoms with Crippen molar-refractivity contribution in [2.45, 2.75) is 40.9 Å². The minimum absolute atomic E-state index is 0.0134. The van der Waals surface area contributed by atoms with E-state index in [1.54, 1.807) is 0 Å². The fourth-order valence-electron chi connectivity index (χ4n) is 4.11. The van der Waals surface area contributed by atoms with Crippen LogP contribution >= 0.6 is 0 Å². The molecule has 2 aromatic carbocycles. The first-order valence-corrected chi connectivity index (χ1v) is 11.9. The lowest BCUT2D eigenvalue weighted by atomic mass is 9.71. The van der Waals surface area contributed by atoms with E-state index in [1.165, 1.54) is 36.4 Å². The van der Waals surface area contributed by atoms with Crippen LogP contribution in [0, 0.1) is 0 Å². The summed E-state index contributed by atoms with van der Waals surface area (Å²) in [4.78, 5) is 22.3. The van der Waals surface area contributed by atoms with E-state index in [0.717, 1.165) is 0 Å². The van der Waals surface area contributed by atoms with Gasteiger partial charge < -0.3 is 11.5 Å². The van der Waals surface area contributed by atoms with Crippen molar-refractivity contribution in [3.05, 3.63) is 47.5 Å². The highest BCUT2D eigenvalue weighted by molar-refractivity contribution is 7.86. The van der Waals surface area contributed by atoms with Gasteiger partial charge in [-0.1, -0.05) is 12.1 Å². The number of carbonyl (C=O) groups excluding carboxylic acids is 2. The largest absolute Gasteiger partial charge is 0.370 e. The summed E-state index contributed by atoms with van der Waals surface area (Å²) in [6, 6.07) is 7.71. The average Bonchev–Trinajstić information content (AvgIpc) is 2.92. The van der Waals surface area contributed by atoms with Gasteiger partial charge in [0.1, 0.15) is 0 Å². The van der Waals surface area contributed by atoms with Gasteiger partial charge in [-0.05, 0) is 59.4 Å². The Labute approximate surface area is 178 Å². The van der Waals surface area contributed by atoms with Crippen molar-refractivity contribution in [2.75, 3.05) is 0 Å². The number of rotatable bonds is 8. The average molecular weight is 469 g/mol. The number of nitrogens with two attached hydrogens (primary N) is 2. The number of primary amides is 2. The Kier molecular flexibility index (Phi) is 5.69. The smallest absolute Gasteiger partial charge is 0.294 e. The van der Waals surface area contributed by atoms with Crippen LogP contribution in [0.1, 0.15) is 36.8 Å². The molecule has 2 amide bonds. The molecule has 0 saturated carbocycles. The molecule has 0 aromatic heterocycles. The van der Waals surface area contributed by atoms with Gasteiger partial charge >= 0.3 is 0 Å². The van der Waals surface area contributed by atoms with Crippen molar-refractivity contribution >= 4 is 32.1 Å². The maximum absolute atomic E-state index is 11.7. The van der Waals surface area contributed by atoms with Crippen molar-refractivity contribution in [2.24, 2.45) is 11.5 Å². The molecule has 0 spiro atoms. The SMILES string of the molecule is NC(=O)CCC1(CCC(N)=O)c2cc(S(=O)(=O)O)ccc2-c2ccc(S(=O)(=O)O)cc21. The molecule has 3 rings (SSSR count). The Hall–Kier alpha value is -2.80. The topological polar surface area (TPSA) is 195 Å². The molecule has 12 heteroatoms. The lowest BCUT2D eigenvalue weighted by molar-refractivity contribution is -0.118. The van der Waals surface area contributed by atoms with E-state index in [1.807, 2.05) is 0 Å². The number of hydrogen-bond donors (Lipinski definition) is 4. The van der Waals surface area contributed by atoms with E-state index in [2.05, 4.69) is 0 Å². The lowest BCUT2D eigenvalue weighted by Crippen LogP contribution is -2.30. The first-order chi connectivity index (χ1) is 14.3. The van der Waals surface area contributed by atoms with Crippen LogP contribution < -0.4 is 11.5 Å². The molecule has 0 unspecified atom stereocenters. The second kappa shape index (κ2) is 7.71. The molecule has 0 fully saturated rings. The molecule has 31 heavy (non-hydrogen) atoms. The van der Waals surface area contributed by atoms with E-state index in [-0.39, 0.29) is 25.7 Å². The number of amides is 2. The van der Waals surface area contributed by atoms with Gasteiger partial charge in [0.25, 0.3) is 20.2 Å². The lowest BCUT2D eigenvalue weighted by Gasteiger charge is -2.32. The van der Waals surface area contributed by atoms with Crippen molar-refractivity contribution in [3.63, 3.8) is 0 Å². The van der Waals surface area contributed by atoms with Crippen LogP contribution in [-0.4, -0.2) is 37.8 Å². The van der Waals surface area contributed by atoms with Gasteiger partial charge in [0.05, 0.1) is 9.79 Å². The highest BCUT2D eigenvalue weighted by Gasteiger charge is 2.44. The van der Waals surface area contributed by atoms with Crippen molar-refractivity contribution in [1.29, 1.82) is 0 Å². The van der Waals surface area contributed by atoms with Crippen LogP contribution in [-0.2, 0) is 35.2 Å². The second-order valence-corrected chi connectivity index (χ2v) is 10.2. The van der Waals surface area contributed by atoms with Gasteiger partial charge in [-0.2, -0.15) is 16.8 Å². The molecule has 0 aliphatic heterocycles. The Bertz CT molecular complexity index is 1200. The summed E-state index contributed by atoms with van der Waals surface area (Å²) in [7, 11) is -9.15. The van der Waals surface area contributed by atoms with Gasteiger partial charge in [-0.15, -0.1) is 0 Å². The molecular weight excluding hydrogens is 448 g/mol. The van der Waals surface area contributed by atoms with Crippen LogP contribution in [0.15, 0.2) is 46.2 Å². The minimum Gasteiger partial charge on any atom is -0.370 e. The standard InChI is InChI=1S/C19H20N2O8S2/c20-17(22)5-7-19(8-6-18(21)23)15-9-11(30(24,25)26)1-3-13(15)14-4-2-12(10-16(14)19)31(27,28)29/h1-4,9-10H,5-8H2,(H2,20,22)(H2,21,23)(H,24,25,26)(H,27,28,29). The summed E-state index contributed by atoms with van der Waals surface area (Å²) in [5.41, 5.74) is 11.2. The first kappa shape index (κ1) is 22.9. The zero-order chi connectivity index (χ0) is 23.2. The molecule has 0 radical (unpaired) electrons. The summed E-state index contributed by atoms with van der Waals surface area (Å²) >= 11 is 0. The molecule has 0 bridgehead atoms. The molecule has 0 atom stereocenters. The van der Waals surface area contributed by atoms with Crippen molar-refractivity contribution in [3.8, 4) is 11.1 Å². The van der Waals surface area contributed by atoms with Gasteiger partial charge in [-0.25, -0.2) is 0 Å². The summed E-state index contributed by atoms with van der Waals surface area (Å²) < 4.78 is 65.9. The highest BCUT2D eigenvalue weighted by Crippen LogP contribution is 2.54. The van der Waals surface area contributed by atoms with E-state index >= 15 is 0 Å². The van der Waals surface area contributed by atoms with Crippen molar-refractivity contribution in [1.82, 2.24) is 0 Å². The number of fused-ring (bicyclic) bond motifs is 3. The summed E-state index contributed by atoms with van der Waals surface area (Å²) in [5, 5.41) is 0. The third-order valence-electron chi connectivity index (χ3n) is 5.50. The number of carbonyl (C=O) groups is 2. The molecule has 6 N–H and O–H groups in total. The molecule has 0 heterocycles. The van der Waals surface area contributed by atoms with Gasteiger partial charge in [0.2, 0.25) is 11.8 Å². The van der Waals surface area contributed by atoms with Gasteiger partial charge in [0, 0.05) is 18.3 Å². The van der Waals surface area contributed by atoms with Gasteiger partial charge in [-0.3, -0.25) is 18.7 Å². The predicted octanol–water partition coefficient (Wildman–Crippen LogP) is 0.978. The monoisotopic (exact) mass is 468 g/mol. The van der Waals surface area contributed by atoms with Crippen LogP contribution in [0.5, 0.6) is 0 Å². The molecule has 10 nitrogen and oxygen atoms in total. The predicted molar refractivity (Wildman–Crippen MR) is 109 cm³/mol. The second-order valence-electron chi connectivity index (χ2n) is 7.38. The minimum atomic E-state index is -4.58. The third kappa shape index (κ3) is 4.32. The molecule has 1 aliphatic carbocycles. The van der Waals surface area contributed by atoms with Crippen LogP contribution in [0.3, 0.4) is 0 Å². The van der Waals surface area contributed by atoms with E-state index in [4.69, 9.17) is 11.5 Å². The van der Waals surface area contributed by atoms with E-state index in [9.17, 15) is 35.5 Å². The first-order valence-electron chi connectivity index (χ1n) is 9.07. The van der Waals surface area contributed by atoms with Crippen LogP contribution in [0.25, 0.3) is 11.1 Å². The van der Waals surface area contributed by atoms with Crippen LogP contribution in [0.2, 0.25) is 0 Å². The maximum Gasteiger partial charge on any atom is 0.294 e. The normalized spacial score (nSPS) is 14.6. The fraction of sp³-hybridized carbons (Fsp3) is 0.263. The van der Waals surface area contributed by atoms with E-state index in [0.29, 0.717) is 22.3 Å². The number of benzene rings is 2. The summed E-state index contributed by atoms with van der Waals surface area (Å²) in [6.07, 6.45) is -0.299. The molecule has 2 aromatic rings.